The zero-order valence-electron chi connectivity index (χ0n) is 8.67. The summed E-state index contributed by atoms with van der Waals surface area (Å²) in [5, 5.41) is 3.42. The first-order valence-electron chi connectivity index (χ1n) is 4.87. The highest BCUT2D eigenvalue weighted by molar-refractivity contribution is 9.13. The van der Waals surface area contributed by atoms with Crippen molar-refractivity contribution in [3.63, 3.8) is 0 Å². The Kier molecular flexibility index (Phi) is 4.24. The Morgan fingerprint density at radius 1 is 1.50 bits per heavy atom. The molecule has 2 rings (SSSR count). The van der Waals surface area contributed by atoms with Crippen LogP contribution >= 0.6 is 43.2 Å². The quantitative estimate of drug-likeness (QED) is 0.849. The summed E-state index contributed by atoms with van der Waals surface area (Å²) in [6.45, 7) is 2.94. The molecule has 86 valence electrons. The number of nitrogens with one attached hydrogen (secondary N) is 1. The van der Waals surface area contributed by atoms with E-state index in [1.807, 2.05) is 12.1 Å². The lowest BCUT2D eigenvalue weighted by Gasteiger charge is -2.09. The number of furan rings is 1. The summed E-state index contributed by atoms with van der Waals surface area (Å²) in [5.74, 6) is 0.967. The third-order valence-corrected chi connectivity index (χ3v) is 5.50. The van der Waals surface area contributed by atoms with E-state index in [0.29, 0.717) is 0 Å². The van der Waals surface area contributed by atoms with Crippen molar-refractivity contribution in [1.82, 2.24) is 5.32 Å². The summed E-state index contributed by atoms with van der Waals surface area (Å²) in [4.78, 5) is 1.29. The molecule has 0 aliphatic carbocycles. The van der Waals surface area contributed by atoms with Crippen LogP contribution in [0.15, 0.2) is 37.1 Å². The summed E-state index contributed by atoms with van der Waals surface area (Å²) in [7, 11) is 0. The zero-order valence-corrected chi connectivity index (χ0v) is 12.7. The van der Waals surface area contributed by atoms with Crippen molar-refractivity contribution in [3.05, 3.63) is 43.4 Å². The Hall–Kier alpha value is -0.100. The molecule has 5 heteroatoms. The molecule has 0 aliphatic heterocycles. The van der Waals surface area contributed by atoms with Crippen LogP contribution in [-0.4, -0.2) is 0 Å². The van der Waals surface area contributed by atoms with Crippen molar-refractivity contribution in [3.8, 4) is 0 Å². The van der Waals surface area contributed by atoms with E-state index in [9.17, 15) is 0 Å². The maximum absolute atomic E-state index is 5.34. The predicted octanol–water partition coefficient (Wildman–Crippen LogP) is 4.72. The molecule has 0 aromatic carbocycles. The molecule has 0 bridgehead atoms. The average Bonchev–Trinajstić information content (AvgIpc) is 2.86. The number of halogens is 2. The topological polar surface area (TPSA) is 25.2 Å². The molecule has 1 atom stereocenters. The van der Waals surface area contributed by atoms with Gasteiger partial charge in [-0.05, 0) is 57.0 Å². The Morgan fingerprint density at radius 3 is 2.88 bits per heavy atom. The van der Waals surface area contributed by atoms with E-state index >= 15 is 0 Å². The van der Waals surface area contributed by atoms with Gasteiger partial charge in [-0.1, -0.05) is 0 Å². The van der Waals surface area contributed by atoms with E-state index in [4.69, 9.17) is 4.42 Å². The van der Waals surface area contributed by atoms with Crippen molar-refractivity contribution in [2.24, 2.45) is 0 Å². The Bertz CT molecular complexity index is 433. The lowest BCUT2D eigenvalue weighted by Crippen LogP contribution is -2.16. The molecule has 0 spiro atoms. The van der Waals surface area contributed by atoms with Gasteiger partial charge in [0.05, 0.1) is 16.1 Å². The highest BCUT2D eigenvalue weighted by Crippen LogP contribution is 2.32. The minimum Gasteiger partial charge on any atom is -0.468 e. The zero-order chi connectivity index (χ0) is 11.5. The van der Waals surface area contributed by atoms with Crippen LogP contribution < -0.4 is 5.32 Å². The second kappa shape index (κ2) is 5.49. The second-order valence-corrected chi connectivity index (χ2v) is 6.76. The van der Waals surface area contributed by atoms with Crippen LogP contribution in [0.1, 0.15) is 23.6 Å². The van der Waals surface area contributed by atoms with Gasteiger partial charge in [-0.3, -0.25) is 0 Å². The SMILES string of the molecule is C[C@@H](NCc1cc(Br)c(Br)s1)c1ccco1. The first-order chi connectivity index (χ1) is 7.66. The molecule has 0 aliphatic rings. The Labute approximate surface area is 115 Å². The van der Waals surface area contributed by atoms with E-state index in [0.717, 1.165) is 20.6 Å². The fourth-order valence-electron chi connectivity index (χ4n) is 1.37. The van der Waals surface area contributed by atoms with E-state index in [1.165, 1.54) is 4.88 Å². The summed E-state index contributed by atoms with van der Waals surface area (Å²) in [6, 6.07) is 6.25. The van der Waals surface area contributed by atoms with Crippen LogP contribution in [-0.2, 0) is 6.54 Å². The molecule has 0 saturated heterocycles. The molecule has 16 heavy (non-hydrogen) atoms. The van der Waals surface area contributed by atoms with Crippen molar-refractivity contribution < 1.29 is 4.42 Å². The minimum absolute atomic E-state index is 0.231. The van der Waals surface area contributed by atoms with Crippen LogP contribution in [0, 0.1) is 0 Å². The molecule has 0 unspecified atom stereocenters. The molecule has 2 aromatic heterocycles. The Morgan fingerprint density at radius 2 is 2.31 bits per heavy atom. The largest absolute Gasteiger partial charge is 0.468 e. The van der Waals surface area contributed by atoms with Gasteiger partial charge in [0.1, 0.15) is 5.76 Å². The summed E-state index contributed by atoms with van der Waals surface area (Å²) < 4.78 is 7.58. The lowest BCUT2D eigenvalue weighted by atomic mass is 10.2. The molecule has 0 saturated carbocycles. The van der Waals surface area contributed by atoms with Gasteiger partial charge in [0.15, 0.2) is 0 Å². The smallest absolute Gasteiger partial charge is 0.120 e. The van der Waals surface area contributed by atoms with Gasteiger partial charge in [-0.2, -0.15) is 0 Å². The summed E-state index contributed by atoms with van der Waals surface area (Å²) >= 11 is 8.70. The molecule has 0 amide bonds. The maximum Gasteiger partial charge on any atom is 0.120 e. The van der Waals surface area contributed by atoms with E-state index in [-0.39, 0.29) is 6.04 Å². The standard InChI is InChI=1S/C11H11Br2NOS/c1-7(10-3-2-4-15-10)14-6-8-5-9(12)11(13)16-8/h2-5,7,14H,6H2,1H3/t7-/m1/s1. The predicted molar refractivity (Wildman–Crippen MR) is 73.7 cm³/mol. The van der Waals surface area contributed by atoms with Crippen molar-refractivity contribution in [1.29, 1.82) is 0 Å². The molecular weight excluding hydrogens is 354 g/mol. The number of thiophene rings is 1. The van der Waals surface area contributed by atoms with Gasteiger partial charge >= 0.3 is 0 Å². The fraction of sp³-hybridized carbons (Fsp3) is 0.273. The van der Waals surface area contributed by atoms with Gasteiger partial charge in [0.2, 0.25) is 0 Å². The first kappa shape index (κ1) is 12.4. The number of rotatable bonds is 4. The highest BCUT2D eigenvalue weighted by atomic mass is 79.9. The van der Waals surface area contributed by atoms with E-state index < -0.39 is 0 Å². The minimum atomic E-state index is 0.231. The Balaban J connectivity index is 1.92. The molecule has 0 fully saturated rings. The highest BCUT2D eigenvalue weighted by Gasteiger charge is 2.09. The average molecular weight is 365 g/mol. The fourth-order valence-corrected chi connectivity index (χ4v) is 3.50. The van der Waals surface area contributed by atoms with Crippen molar-refractivity contribution in [2.75, 3.05) is 0 Å². The number of hydrogen-bond donors (Lipinski definition) is 1. The second-order valence-electron chi connectivity index (χ2n) is 3.45. The van der Waals surface area contributed by atoms with Gasteiger partial charge in [0.25, 0.3) is 0 Å². The van der Waals surface area contributed by atoms with Gasteiger partial charge in [0, 0.05) is 15.9 Å². The third-order valence-electron chi connectivity index (χ3n) is 2.25. The molecule has 2 aromatic rings. The van der Waals surface area contributed by atoms with Crippen molar-refractivity contribution in [2.45, 2.75) is 19.5 Å². The van der Waals surface area contributed by atoms with E-state index in [2.05, 4.69) is 50.2 Å². The van der Waals surface area contributed by atoms with Gasteiger partial charge < -0.3 is 9.73 Å². The molecule has 0 radical (unpaired) electrons. The van der Waals surface area contributed by atoms with Crippen LogP contribution in [0.2, 0.25) is 0 Å². The van der Waals surface area contributed by atoms with Crippen molar-refractivity contribution >= 4 is 43.2 Å². The normalized spacial score (nSPS) is 12.9. The maximum atomic E-state index is 5.34. The summed E-state index contributed by atoms with van der Waals surface area (Å²) in [6.07, 6.45) is 1.70. The molecule has 2 nitrogen and oxygen atoms in total. The van der Waals surface area contributed by atoms with Crippen LogP contribution in [0.25, 0.3) is 0 Å². The van der Waals surface area contributed by atoms with E-state index in [1.54, 1.807) is 17.6 Å². The summed E-state index contributed by atoms with van der Waals surface area (Å²) in [5.41, 5.74) is 0. The monoisotopic (exact) mass is 363 g/mol. The molecular formula is C11H11Br2NOS. The van der Waals surface area contributed by atoms with Crippen LogP contribution in [0.4, 0.5) is 0 Å². The van der Waals surface area contributed by atoms with Crippen LogP contribution in [0.3, 0.4) is 0 Å². The number of hydrogen-bond acceptors (Lipinski definition) is 3. The van der Waals surface area contributed by atoms with Crippen LogP contribution in [0.5, 0.6) is 0 Å². The third kappa shape index (κ3) is 2.97. The lowest BCUT2D eigenvalue weighted by molar-refractivity contribution is 0.431. The molecule has 1 N–H and O–H groups in total. The first-order valence-corrected chi connectivity index (χ1v) is 7.27. The molecule has 2 heterocycles. The van der Waals surface area contributed by atoms with Gasteiger partial charge in [-0.15, -0.1) is 11.3 Å². The van der Waals surface area contributed by atoms with Gasteiger partial charge in [-0.25, -0.2) is 0 Å².